The van der Waals surface area contributed by atoms with E-state index in [2.05, 4.69) is 0 Å². The summed E-state index contributed by atoms with van der Waals surface area (Å²) in [6, 6.07) is 22.2. The number of hydrogen-bond donors (Lipinski definition) is 0. The van der Waals surface area contributed by atoms with Crippen LogP contribution in [0.3, 0.4) is 0 Å². The quantitative estimate of drug-likeness (QED) is 0.653. The molecule has 0 aliphatic carbocycles. The monoisotopic (exact) mass is 376 g/mol. The van der Waals surface area contributed by atoms with Gasteiger partial charge in [-0.25, -0.2) is 9.96 Å². The van der Waals surface area contributed by atoms with Crippen molar-refractivity contribution in [3.05, 3.63) is 83.1 Å². The van der Waals surface area contributed by atoms with E-state index in [9.17, 15) is 9.59 Å². The molecular weight excluding hydrogens is 360 g/mol. The van der Waals surface area contributed by atoms with E-state index in [0.717, 1.165) is 10.6 Å². The highest BCUT2D eigenvalue weighted by atomic mass is 32.1. The molecule has 3 aromatic rings. The van der Waals surface area contributed by atoms with Gasteiger partial charge in [0.15, 0.2) is 6.10 Å². The van der Waals surface area contributed by atoms with E-state index in [1.165, 1.54) is 4.90 Å². The predicted molar refractivity (Wildman–Crippen MR) is 103 cm³/mol. The molecule has 3 atom stereocenters. The summed E-state index contributed by atoms with van der Waals surface area (Å²) >= 11 is 1.56. The van der Waals surface area contributed by atoms with Crippen LogP contribution in [0.1, 0.15) is 10.9 Å². The molecule has 2 aliphatic heterocycles. The van der Waals surface area contributed by atoms with Crippen LogP contribution in [-0.4, -0.2) is 17.9 Å². The standard InChI is InChI=1S/C21H16N2O3S/c24-20-17-18(16-12-7-13-27-16)23(15-10-5-2-6-11-15)26-19(17)21(25)22(20)14-8-3-1-4-9-14/h1-13,17-19H/t17-,18-,19+/m1/s1. The first-order valence-electron chi connectivity index (χ1n) is 8.73. The number of rotatable bonds is 3. The topological polar surface area (TPSA) is 49.9 Å². The molecule has 5 rings (SSSR count). The Morgan fingerprint density at radius 1 is 0.778 bits per heavy atom. The third-order valence-corrected chi connectivity index (χ3v) is 5.92. The highest BCUT2D eigenvalue weighted by molar-refractivity contribution is 7.10. The highest BCUT2D eigenvalue weighted by Crippen LogP contribution is 2.48. The molecule has 134 valence electrons. The lowest BCUT2D eigenvalue weighted by atomic mass is 9.95. The SMILES string of the molecule is O=C1[C@H]2[C@H](ON(c3ccccc3)[C@@H]2c2cccs2)C(=O)N1c1ccccc1. The number of carbonyl (C=O) groups excluding carboxylic acids is 2. The van der Waals surface area contributed by atoms with Crippen LogP contribution in [-0.2, 0) is 14.4 Å². The van der Waals surface area contributed by atoms with Gasteiger partial charge in [-0.05, 0) is 35.7 Å². The highest BCUT2D eigenvalue weighted by Gasteiger charge is 2.60. The molecule has 6 heteroatoms. The van der Waals surface area contributed by atoms with E-state index >= 15 is 0 Å². The summed E-state index contributed by atoms with van der Waals surface area (Å²) in [6.45, 7) is 0. The fraction of sp³-hybridized carbons (Fsp3) is 0.143. The Labute approximate surface area is 160 Å². The molecule has 0 unspecified atom stereocenters. The first-order chi connectivity index (χ1) is 13.3. The summed E-state index contributed by atoms with van der Waals surface area (Å²) in [4.78, 5) is 34.7. The number of carbonyl (C=O) groups is 2. The zero-order chi connectivity index (χ0) is 18.4. The van der Waals surface area contributed by atoms with Crippen molar-refractivity contribution in [3.63, 3.8) is 0 Å². The normalized spacial score (nSPS) is 24.5. The van der Waals surface area contributed by atoms with Crippen molar-refractivity contribution in [3.8, 4) is 0 Å². The lowest BCUT2D eigenvalue weighted by molar-refractivity contribution is -0.126. The summed E-state index contributed by atoms with van der Waals surface area (Å²) in [6.07, 6.45) is -0.815. The van der Waals surface area contributed by atoms with Gasteiger partial charge in [0.05, 0.1) is 11.4 Å². The summed E-state index contributed by atoms with van der Waals surface area (Å²) < 4.78 is 0. The Kier molecular flexibility index (Phi) is 3.81. The Morgan fingerprint density at radius 2 is 1.44 bits per heavy atom. The molecule has 5 nitrogen and oxygen atoms in total. The smallest absolute Gasteiger partial charge is 0.266 e. The fourth-order valence-electron chi connectivity index (χ4n) is 3.79. The Hall–Kier alpha value is -2.96. The number of amides is 2. The molecular formula is C21H16N2O3S. The molecule has 1 aromatic heterocycles. The summed E-state index contributed by atoms with van der Waals surface area (Å²) in [7, 11) is 0. The van der Waals surface area contributed by atoms with Crippen LogP contribution in [0.5, 0.6) is 0 Å². The van der Waals surface area contributed by atoms with E-state index in [1.54, 1.807) is 28.5 Å². The molecule has 0 N–H and O–H groups in total. The van der Waals surface area contributed by atoms with Crippen LogP contribution in [0.25, 0.3) is 0 Å². The van der Waals surface area contributed by atoms with Crippen LogP contribution in [0, 0.1) is 5.92 Å². The number of thiophene rings is 1. The van der Waals surface area contributed by atoms with Gasteiger partial charge in [-0.2, -0.15) is 0 Å². The number of benzene rings is 2. The van der Waals surface area contributed by atoms with Crippen LogP contribution in [0.15, 0.2) is 78.2 Å². The molecule has 2 amide bonds. The zero-order valence-corrected chi connectivity index (χ0v) is 15.1. The second-order valence-electron chi connectivity index (χ2n) is 6.52. The second-order valence-corrected chi connectivity index (χ2v) is 7.50. The third-order valence-electron chi connectivity index (χ3n) is 4.98. The summed E-state index contributed by atoms with van der Waals surface area (Å²) in [5.41, 5.74) is 1.42. The minimum absolute atomic E-state index is 0.215. The Balaban J connectivity index is 1.58. The van der Waals surface area contributed by atoms with Crippen LogP contribution < -0.4 is 9.96 Å². The maximum Gasteiger partial charge on any atom is 0.266 e. The number of imide groups is 1. The number of nitrogens with zero attached hydrogens (tertiary/aromatic N) is 2. The fourth-order valence-corrected chi connectivity index (χ4v) is 4.65. The number of fused-ring (bicyclic) bond motifs is 1. The van der Waals surface area contributed by atoms with Gasteiger partial charge in [-0.15, -0.1) is 11.3 Å². The van der Waals surface area contributed by atoms with E-state index in [4.69, 9.17) is 4.84 Å². The van der Waals surface area contributed by atoms with Crippen molar-refractivity contribution < 1.29 is 14.4 Å². The van der Waals surface area contributed by atoms with Crippen molar-refractivity contribution in [1.29, 1.82) is 0 Å². The molecule has 0 radical (unpaired) electrons. The molecule has 2 aromatic carbocycles. The van der Waals surface area contributed by atoms with Gasteiger partial charge in [-0.1, -0.05) is 42.5 Å². The van der Waals surface area contributed by atoms with Crippen LogP contribution in [0.4, 0.5) is 11.4 Å². The second kappa shape index (κ2) is 6.33. The summed E-state index contributed by atoms with van der Waals surface area (Å²) in [5, 5.41) is 3.70. The number of hydrogen-bond acceptors (Lipinski definition) is 5. The number of para-hydroxylation sites is 2. The maximum absolute atomic E-state index is 13.3. The first kappa shape index (κ1) is 16.2. The average molecular weight is 376 g/mol. The van der Waals surface area contributed by atoms with Gasteiger partial charge in [-0.3, -0.25) is 14.4 Å². The van der Waals surface area contributed by atoms with Crippen molar-refractivity contribution in [2.45, 2.75) is 12.1 Å². The van der Waals surface area contributed by atoms with E-state index < -0.39 is 12.0 Å². The largest absolute Gasteiger partial charge is 0.273 e. The summed E-state index contributed by atoms with van der Waals surface area (Å²) in [5.74, 6) is -1.10. The maximum atomic E-state index is 13.3. The van der Waals surface area contributed by atoms with Crippen LogP contribution >= 0.6 is 11.3 Å². The minimum atomic E-state index is -0.815. The minimum Gasteiger partial charge on any atom is -0.273 e. The van der Waals surface area contributed by atoms with Gasteiger partial charge in [0.25, 0.3) is 5.91 Å². The molecule has 3 heterocycles. The van der Waals surface area contributed by atoms with Crippen molar-refractivity contribution in [2.75, 3.05) is 9.96 Å². The van der Waals surface area contributed by atoms with Gasteiger partial charge in [0.1, 0.15) is 12.0 Å². The van der Waals surface area contributed by atoms with Crippen molar-refractivity contribution in [2.24, 2.45) is 5.92 Å². The van der Waals surface area contributed by atoms with Crippen molar-refractivity contribution in [1.82, 2.24) is 0 Å². The molecule has 2 fully saturated rings. The molecule has 2 saturated heterocycles. The Morgan fingerprint density at radius 3 is 2.07 bits per heavy atom. The van der Waals surface area contributed by atoms with Gasteiger partial charge < -0.3 is 0 Å². The molecule has 2 aliphatic rings. The zero-order valence-electron chi connectivity index (χ0n) is 14.3. The molecule has 0 saturated carbocycles. The van der Waals surface area contributed by atoms with Gasteiger partial charge in [0, 0.05) is 4.88 Å². The van der Waals surface area contributed by atoms with Crippen LogP contribution in [0.2, 0.25) is 0 Å². The number of hydroxylamine groups is 1. The lowest BCUT2D eigenvalue weighted by Crippen LogP contribution is -2.37. The molecule has 27 heavy (non-hydrogen) atoms. The van der Waals surface area contributed by atoms with Crippen molar-refractivity contribution >= 4 is 34.5 Å². The van der Waals surface area contributed by atoms with E-state index in [-0.39, 0.29) is 17.9 Å². The number of anilines is 2. The third kappa shape index (κ3) is 2.49. The average Bonchev–Trinajstić information content (AvgIpc) is 3.41. The van der Waals surface area contributed by atoms with Gasteiger partial charge >= 0.3 is 0 Å². The lowest BCUT2D eigenvalue weighted by Gasteiger charge is -2.27. The molecule has 0 spiro atoms. The first-order valence-corrected chi connectivity index (χ1v) is 9.61. The Bertz CT molecular complexity index is 975. The molecule has 0 bridgehead atoms. The van der Waals surface area contributed by atoms with E-state index in [0.29, 0.717) is 5.69 Å². The van der Waals surface area contributed by atoms with E-state index in [1.807, 2.05) is 66.0 Å². The van der Waals surface area contributed by atoms with Gasteiger partial charge in [0.2, 0.25) is 5.91 Å². The predicted octanol–water partition coefficient (Wildman–Crippen LogP) is 3.80.